The van der Waals surface area contributed by atoms with Crippen LogP contribution in [0.3, 0.4) is 0 Å². The van der Waals surface area contributed by atoms with E-state index in [4.69, 9.17) is 0 Å². The van der Waals surface area contributed by atoms with Gasteiger partial charge in [0.05, 0.1) is 12.0 Å². The molecule has 1 saturated heterocycles. The van der Waals surface area contributed by atoms with Crippen molar-refractivity contribution in [2.24, 2.45) is 17.8 Å². The molecule has 3 unspecified atom stereocenters. The molecule has 2 heteroatoms. The lowest BCUT2D eigenvalue weighted by atomic mass is 9.84. The lowest BCUT2D eigenvalue weighted by molar-refractivity contribution is 0.148. The second-order valence-corrected chi connectivity index (χ2v) is 5.88. The van der Waals surface area contributed by atoms with Crippen LogP contribution in [-0.4, -0.2) is 24.0 Å². The predicted octanol–water partition coefficient (Wildman–Crippen LogP) is 3.05. The second kappa shape index (κ2) is 5.19. The molecule has 3 atom stereocenters. The maximum atomic E-state index is 9.22. The third-order valence-electron chi connectivity index (χ3n) is 4.56. The van der Waals surface area contributed by atoms with Crippen molar-refractivity contribution in [3.63, 3.8) is 0 Å². The van der Waals surface area contributed by atoms with Crippen molar-refractivity contribution in [3.05, 3.63) is 0 Å². The molecule has 0 aromatic heterocycles. The van der Waals surface area contributed by atoms with Crippen molar-refractivity contribution in [3.8, 4) is 6.07 Å². The highest BCUT2D eigenvalue weighted by molar-refractivity contribution is 4.97. The Labute approximate surface area is 99.6 Å². The minimum atomic E-state index is 0.305. The number of likely N-dealkylation sites (tertiary alicyclic amines) is 1. The Morgan fingerprint density at radius 3 is 2.56 bits per heavy atom. The fraction of sp³-hybridized carbons (Fsp3) is 0.929. The molecule has 0 aromatic rings. The third kappa shape index (κ3) is 2.40. The zero-order valence-corrected chi connectivity index (χ0v) is 10.7. The maximum absolute atomic E-state index is 9.22. The van der Waals surface area contributed by atoms with Gasteiger partial charge >= 0.3 is 0 Å². The molecule has 0 amide bonds. The largest absolute Gasteiger partial charge is 0.299 e. The van der Waals surface area contributed by atoms with Gasteiger partial charge in [0.25, 0.3) is 0 Å². The van der Waals surface area contributed by atoms with E-state index in [2.05, 4.69) is 24.8 Å². The van der Waals surface area contributed by atoms with Crippen molar-refractivity contribution in [1.29, 1.82) is 5.26 Å². The van der Waals surface area contributed by atoms with Crippen molar-refractivity contribution in [2.75, 3.05) is 13.1 Å². The lowest BCUT2D eigenvalue weighted by Gasteiger charge is -2.34. The van der Waals surface area contributed by atoms with E-state index in [-0.39, 0.29) is 0 Å². The monoisotopic (exact) mass is 220 g/mol. The summed E-state index contributed by atoms with van der Waals surface area (Å²) in [6.45, 7) is 7.12. The molecule has 0 aromatic carbocycles. The van der Waals surface area contributed by atoms with E-state index < -0.39 is 0 Å². The molecular weight excluding hydrogens is 196 g/mol. The molecule has 90 valence electrons. The van der Waals surface area contributed by atoms with Gasteiger partial charge in [0.15, 0.2) is 0 Å². The number of nitrogens with zero attached hydrogens (tertiary/aromatic N) is 2. The fourth-order valence-corrected chi connectivity index (χ4v) is 3.36. The summed E-state index contributed by atoms with van der Waals surface area (Å²) in [5.41, 5.74) is 0. The van der Waals surface area contributed by atoms with Gasteiger partial charge in [0.2, 0.25) is 0 Å². The van der Waals surface area contributed by atoms with Crippen LogP contribution >= 0.6 is 0 Å². The lowest BCUT2D eigenvalue weighted by Crippen LogP contribution is -2.40. The first-order valence-corrected chi connectivity index (χ1v) is 6.86. The van der Waals surface area contributed by atoms with E-state index in [0.29, 0.717) is 12.0 Å². The summed E-state index contributed by atoms with van der Waals surface area (Å²) >= 11 is 0. The van der Waals surface area contributed by atoms with E-state index in [1.807, 2.05) is 0 Å². The standard InChI is InChI=1S/C14H24N2/c1-11(2)13-7-8-16(10-13)14-6-4-3-5-12(14)9-15/h11-14H,3-8,10H2,1-2H3. The highest BCUT2D eigenvalue weighted by Crippen LogP contribution is 2.33. The maximum Gasteiger partial charge on any atom is 0.0672 e. The van der Waals surface area contributed by atoms with Crippen LogP contribution in [0.15, 0.2) is 0 Å². The first kappa shape index (κ1) is 11.9. The summed E-state index contributed by atoms with van der Waals surface area (Å²) in [7, 11) is 0. The Morgan fingerprint density at radius 1 is 1.19 bits per heavy atom. The van der Waals surface area contributed by atoms with Crippen LogP contribution in [0, 0.1) is 29.1 Å². The Bertz CT molecular complexity index is 266. The van der Waals surface area contributed by atoms with Crippen LogP contribution in [0.2, 0.25) is 0 Å². The normalized spacial score (nSPS) is 36.5. The molecule has 0 bridgehead atoms. The first-order chi connectivity index (χ1) is 7.72. The van der Waals surface area contributed by atoms with Gasteiger partial charge in [-0.15, -0.1) is 0 Å². The number of rotatable bonds is 2. The van der Waals surface area contributed by atoms with Crippen LogP contribution in [0.25, 0.3) is 0 Å². The molecule has 0 spiro atoms. The molecule has 1 heterocycles. The summed E-state index contributed by atoms with van der Waals surface area (Å²) in [5, 5.41) is 9.22. The predicted molar refractivity (Wildman–Crippen MR) is 65.9 cm³/mol. The van der Waals surface area contributed by atoms with E-state index in [1.165, 1.54) is 38.8 Å². The molecule has 0 N–H and O–H groups in total. The van der Waals surface area contributed by atoms with Gasteiger partial charge < -0.3 is 0 Å². The third-order valence-corrected chi connectivity index (χ3v) is 4.56. The molecule has 0 radical (unpaired) electrons. The molecule has 1 aliphatic heterocycles. The van der Waals surface area contributed by atoms with Crippen molar-refractivity contribution >= 4 is 0 Å². The smallest absolute Gasteiger partial charge is 0.0672 e. The van der Waals surface area contributed by atoms with Gasteiger partial charge in [-0.1, -0.05) is 26.7 Å². The molecule has 2 rings (SSSR count). The van der Waals surface area contributed by atoms with E-state index in [1.54, 1.807) is 0 Å². The van der Waals surface area contributed by atoms with Crippen LogP contribution in [0.4, 0.5) is 0 Å². The molecule has 2 aliphatic rings. The Hall–Kier alpha value is -0.550. The number of hydrogen-bond acceptors (Lipinski definition) is 2. The fourth-order valence-electron chi connectivity index (χ4n) is 3.36. The van der Waals surface area contributed by atoms with Crippen LogP contribution in [0.1, 0.15) is 46.0 Å². The van der Waals surface area contributed by atoms with Gasteiger partial charge in [-0.3, -0.25) is 4.90 Å². The molecular formula is C14H24N2. The summed E-state index contributed by atoms with van der Waals surface area (Å²) in [5.74, 6) is 1.97. The zero-order valence-electron chi connectivity index (χ0n) is 10.7. The van der Waals surface area contributed by atoms with E-state index in [0.717, 1.165) is 18.3 Å². The average Bonchev–Trinajstić information content (AvgIpc) is 2.78. The summed E-state index contributed by atoms with van der Waals surface area (Å²) < 4.78 is 0. The first-order valence-electron chi connectivity index (χ1n) is 6.86. The number of hydrogen-bond donors (Lipinski definition) is 0. The van der Waals surface area contributed by atoms with Crippen molar-refractivity contribution < 1.29 is 0 Å². The highest BCUT2D eigenvalue weighted by atomic mass is 15.2. The second-order valence-electron chi connectivity index (χ2n) is 5.88. The Kier molecular flexibility index (Phi) is 3.86. The van der Waals surface area contributed by atoms with Crippen LogP contribution < -0.4 is 0 Å². The van der Waals surface area contributed by atoms with Crippen LogP contribution in [0.5, 0.6) is 0 Å². The van der Waals surface area contributed by atoms with E-state index >= 15 is 0 Å². The molecule has 2 nitrogen and oxygen atoms in total. The minimum absolute atomic E-state index is 0.305. The Balaban J connectivity index is 1.95. The zero-order chi connectivity index (χ0) is 11.5. The number of nitriles is 1. The molecule has 16 heavy (non-hydrogen) atoms. The summed E-state index contributed by atoms with van der Waals surface area (Å²) in [6, 6.07) is 3.11. The summed E-state index contributed by atoms with van der Waals surface area (Å²) in [6.07, 6.45) is 6.31. The minimum Gasteiger partial charge on any atom is -0.299 e. The SMILES string of the molecule is CC(C)C1CCN(C2CCCCC2C#N)C1. The topological polar surface area (TPSA) is 27.0 Å². The van der Waals surface area contributed by atoms with Gasteiger partial charge in [-0.2, -0.15) is 5.26 Å². The van der Waals surface area contributed by atoms with Gasteiger partial charge in [-0.05, 0) is 37.6 Å². The molecule has 1 saturated carbocycles. The average molecular weight is 220 g/mol. The van der Waals surface area contributed by atoms with E-state index in [9.17, 15) is 5.26 Å². The quantitative estimate of drug-likeness (QED) is 0.715. The van der Waals surface area contributed by atoms with Crippen LogP contribution in [-0.2, 0) is 0 Å². The summed E-state index contributed by atoms with van der Waals surface area (Å²) in [4.78, 5) is 2.61. The molecule has 2 fully saturated rings. The van der Waals surface area contributed by atoms with Crippen molar-refractivity contribution in [1.82, 2.24) is 4.90 Å². The highest BCUT2D eigenvalue weighted by Gasteiger charge is 2.35. The van der Waals surface area contributed by atoms with Gasteiger partial charge in [-0.25, -0.2) is 0 Å². The van der Waals surface area contributed by atoms with Gasteiger partial charge in [0.1, 0.15) is 0 Å². The molecule has 1 aliphatic carbocycles. The van der Waals surface area contributed by atoms with Crippen molar-refractivity contribution in [2.45, 2.75) is 52.0 Å². The Morgan fingerprint density at radius 2 is 1.94 bits per heavy atom. The van der Waals surface area contributed by atoms with Gasteiger partial charge in [0, 0.05) is 12.6 Å².